The maximum absolute atomic E-state index is 12.3. The van der Waals surface area contributed by atoms with Crippen LogP contribution in [0.2, 0.25) is 0 Å². The van der Waals surface area contributed by atoms with E-state index < -0.39 is 0 Å². The van der Waals surface area contributed by atoms with E-state index in [0.717, 1.165) is 31.9 Å². The van der Waals surface area contributed by atoms with Crippen molar-refractivity contribution in [1.82, 2.24) is 20.4 Å². The number of carbonyl (C=O) groups is 1. The predicted octanol–water partition coefficient (Wildman–Crippen LogP) is 3.36. The van der Waals surface area contributed by atoms with Gasteiger partial charge in [0, 0.05) is 32.7 Å². The lowest BCUT2D eigenvalue weighted by molar-refractivity contribution is 0.102. The van der Waals surface area contributed by atoms with E-state index in [1.165, 1.54) is 25.7 Å². The highest BCUT2D eigenvalue weighted by atomic mass is 16.5. The molecule has 7 nitrogen and oxygen atoms in total. The summed E-state index contributed by atoms with van der Waals surface area (Å²) < 4.78 is 11.3. The minimum absolute atomic E-state index is 0.00783. The van der Waals surface area contributed by atoms with Gasteiger partial charge in [-0.25, -0.2) is 4.79 Å². The Hall–Kier alpha value is -1.63. The van der Waals surface area contributed by atoms with Gasteiger partial charge in [-0.3, -0.25) is 0 Å². The van der Waals surface area contributed by atoms with E-state index in [1.807, 2.05) is 4.90 Å². The number of nitrogens with one attached hydrogen (secondary N) is 1. The van der Waals surface area contributed by atoms with Crippen LogP contribution in [0.3, 0.4) is 0 Å². The van der Waals surface area contributed by atoms with Crippen LogP contribution >= 0.6 is 0 Å². The minimum atomic E-state index is 0.00783. The number of amides is 2. The lowest BCUT2D eigenvalue weighted by Crippen LogP contribution is -2.45. The fourth-order valence-electron chi connectivity index (χ4n) is 3.89. The molecule has 0 radical (unpaired) electrons. The van der Waals surface area contributed by atoms with Crippen molar-refractivity contribution < 1.29 is 14.1 Å². The molecular formula is C20H34N4O3. The highest BCUT2D eigenvalue weighted by Gasteiger charge is 2.28. The van der Waals surface area contributed by atoms with E-state index in [2.05, 4.69) is 29.3 Å². The molecule has 1 aromatic heterocycles. The molecule has 0 bridgehead atoms. The topological polar surface area (TPSA) is 80.5 Å². The smallest absolute Gasteiger partial charge is 0.317 e. The molecule has 27 heavy (non-hydrogen) atoms. The molecule has 2 fully saturated rings. The number of rotatable bonds is 8. The van der Waals surface area contributed by atoms with Gasteiger partial charge in [0.1, 0.15) is 0 Å². The molecule has 2 amide bonds. The van der Waals surface area contributed by atoms with E-state index in [0.29, 0.717) is 43.8 Å². The number of likely N-dealkylation sites (tertiary alicyclic amines) is 1. The van der Waals surface area contributed by atoms with Gasteiger partial charge in [0.15, 0.2) is 5.82 Å². The Balaban J connectivity index is 1.42. The van der Waals surface area contributed by atoms with Crippen LogP contribution in [-0.4, -0.2) is 53.9 Å². The Morgan fingerprint density at radius 3 is 2.89 bits per heavy atom. The first kappa shape index (κ1) is 20.1. The third-order valence-electron chi connectivity index (χ3n) is 5.50. The molecule has 1 N–H and O–H groups in total. The van der Waals surface area contributed by atoms with Gasteiger partial charge in [-0.2, -0.15) is 4.98 Å². The molecule has 1 aromatic rings. The summed E-state index contributed by atoms with van der Waals surface area (Å²) in [7, 11) is 0. The lowest BCUT2D eigenvalue weighted by Gasteiger charge is -2.31. The van der Waals surface area contributed by atoms with Gasteiger partial charge in [-0.1, -0.05) is 31.8 Å². The first-order valence-corrected chi connectivity index (χ1v) is 10.5. The Kier molecular flexibility index (Phi) is 7.50. The maximum atomic E-state index is 12.3. The van der Waals surface area contributed by atoms with Crippen LogP contribution in [-0.2, 0) is 11.2 Å². The quantitative estimate of drug-likeness (QED) is 0.702. The number of urea groups is 1. The summed E-state index contributed by atoms with van der Waals surface area (Å²) in [6.07, 6.45) is 7.91. The SMILES string of the molecule is CC(C)CNC(=O)N1CCCC(c2nc(CCOCC3CCCC3)no2)C1. The van der Waals surface area contributed by atoms with Crippen LogP contribution in [0.5, 0.6) is 0 Å². The van der Waals surface area contributed by atoms with Crippen molar-refractivity contribution in [2.75, 3.05) is 32.8 Å². The number of hydrogen-bond donors (Lipinski definition) is 1. The summed E-state index contributed by atoms with van der Waals surface area (Å²) in [5.74, 6) is 2.67. The van der Waals surface area contributed by atoms with Crippen molar-refractivity contribution in [1.29, 1.82) is 0 Å². The van der Waals surface area contributed by atoms with E-state index in [-0.39, 0.29) is 11.9 Å². The molecule has 0 aromatic carbocycles. The summed E-state index contributed by atoms with van der Waals surface area (Å²) >= 11 is 0. The largest absolute Gasteiger partial charge is 0.381 e. The van der Waals surface area contributed by atoms with E-state index in [1.54, 1.807) is 0 Å². The summed E-state index contributed by atoms with van der Waals surface area (Å²) in [6.45, 7) is 7.82. The fraction of sp³-hybridized carbons (Fsp3) is 0.850. The maximum Gasteiger partial charge on any atom is 0.317 e. The molecule has 152 valence electrons. The van der Waals surface area contributed by atoms with Gasteiger partial charge in [0.25, 0.3) is 0 Å². The fourth-order valence-corrected chi connectivity index (χ4v) is 3.89. The molecule has 3 rings (SSSR count). The molecule has 1 atom stereocenters. The van der Waals surface area contributed by atoms with Crippen molar-refractivity contribution in [2.24, 2.45) is 11.8 Å². The Labute approximate surface area is 162 Å². The molecule has 1 aliphatic heterocycles. The second kappa shape index (κ2) is 10.1. The average molecular weight is 379 g/mol. The van der Waals surface area contributed by atoms with Gasteiger partial charge in [-0.15, -0.1) is 0 Å². The van der Waals surface area contributed by atoms with Crippen molar-refractivity contribution in [3.63, 3.8) is 0 Å². The lowest BCUT2D eigenvalue weighted by atomic mass is 9.98. The number of nitrogens with zero attached hydrogens (tertiary/aromatic N) is 3. The number of carbonyl (C=O) groups excluding carboxylic acids is 1. The standard InChI is InChI=1S/C20H34N4O3/c1-15(2)12-21-20(25)24-10-5-8-17(13-24)19-22-18(23-27-19)9-11-26-14-16-6-3-4-7-16/h15-17H,3-14H2,1-2H3,(H,21,25). The molecule has 2 aliphatic rings. The van der Waals surface area contributed by atoms with Gasteiger partial charge < -0.3 is 19.5 Å². The molecule has 1 aliphatic carbocycles. The first-order chi connectivity index (χ1) is 13.1. The minimum Gasteiger partial charge on any atom is -0.381 e. The second-order valence-electron chi connectivity index (χ2n) is 8.39. The zero-order valence-electron chi connectivity index (χ0n) is 16.8. The molecular weight excluding hydrogens is 344 g/mol. The van der Waals surface area contributed by atoms with E-state index >= 15 is 0 Å². The molecule has 7 heteroatoms. The number of piperidine rings is 1. The monoisotopic (exact) mass is 378 g/mol. The number of ether oxygens (including phenoxy) is 1. The Bertz CT molecular complexity index is 584. The molecule has 1 saturated heterocycles. The van der Waals surface area contributed by atoms with Crippen LogP contribution in [0, 0.1) is 11.8 Å². The summed E-state index contributed by atoms with van der Waals surface area (Å²) in [4.78, 5) is 18.7. The van der Waals surface area contributed by atoms with Crippen molar-refractivity contribution in [3.8, 4) is 0 Å². The Morgan fingerprint density at radius 1 is 1.30 bits per heavy atom. The molecule has 1 saturated carbocycles. The Morgan fingerprint density at radius 2 is 2.11 bits per heavy atom. The van der Waals surface area contributed by atoms with Gasteiger partial charge in [0.2, 0.25) is 5.89 Å². The summed E-state index contributed by atoms with van der Waals surface area (Å²) in [6, 6.07) is 0.00783. The molecule has 2 heterocycles. The summed E-state index contributed by atoms with van der Waals surface area (Å²) in [5.41, 5.74) is 0. The zero-order chi connectivity index (χ0) is 19.1. The van der Waals surface area contributed by atoms with Crippen LogP contribution in [0.25, 0.3) is 0 Å². The third kappa shape index (κ3) is 6.19. The second-order valence-corrected chi connectivity index (χ2v) is 8.39. The molecule has 0 spiro atoms. The first-order valence-electron chi connectivity index (χ1n) is 10.5. The predicted molar refractivity (Wildman–Crippen MR) is 103 cm³/mol. The van der Waals surface area contributed by atoms with E-state index in [9.17, 15) is 4.79 Å². The van der Waals surface area contributed by atoms with E-state index in [4.69, 9.17) is 9.26 Å². The average Bonchev–Trinajstić information content (AvgIpc) is 3.35. The van der Waals surface area contributed by atoms with Crippen molar-refractivity contribution in [3.05, 3.63) is 11.7 Å². The highest BCUT2D eigenvalue weighted by Crippen LogP contribution is 2.26. The van der Waals surface area contributed by atoms with Gasteiger partial charge in [0.05, 0.1) is 12.5 Å². The van der Waals surface area contributed by atoms with Crippen LogP contribution in [0.1, 0.15) is 70.0 Å². The van der Waals surface area contributed by atoms with Crippen LogP contribution in [0.4, 0.5) is 4.79 Å². The van der Waals surface area contributed by atoms with Gasteiger partial charge >= 0.3 is 6.03 Å². The normalized spacial score (nSPS) is 21.1. The number of hydrogen-bond acceptors (Lipinski definition) is 5. The highest BCUT2D eigenvalue weighted by molar-refractivity contribution is 5.74. The van der Waals surface area contributed by atoms with Crippen molar-refractivity contribution in [2.45, 2.75) is 64.7 Å². The molecule has 1 unspecified atom stereocenters. The van der Waals surface area contributed by atoms with Crippen molar-refractivity contribution >= 4 is 6.03 Å². The number of aromatic nitrogens is 2. The third-order valence-corrected chi connectivity index (χ3v) is 5.50. The van der Waals surface area contributed by atoms with Crippen LogP contribution < -0.4 is 5.32 Å². The van der Waals surface area contributed by atoms with Crippen LogP contribution in [0.15, 0.2) is 4.52 Å². The zero-order valence-corrected chi connectivity index (χ0v) is 16.8. The summed E-state index contributed by atoms with van der Waals surface area (Å²) in [5, 5.41) is 7.10. The van der Waals surface area contributed by atoms with Gasteiger partial charge in [-0.05, 0) is 37.5 Å².